The summed E-state index contributed by atoms with van der Waals surface area (Å²) in [5.41, 5.74) is 0.926. The van der Waals surface area contributed by atoms with E-state index in [-0.39, 0.29) is 23.0 Å². The van der Waals surface area contributed by atoms with Gasteiger partial charge in [-0.15, -0.1) is 0 Å². The Kier molecular flexibility index (Phi) is 4.45. The average molecular weight is 359 g/mol. The minimum atomic E-state index is -0.299. The lowest BCUT2D eigenvalue weighted by Gasteiger charge is -2.58. The molecule has 4 aliphatic carbocycles. The van der Waals surface area contributed by atoms with E-state index in [2.05, 4.69) is 33.8 Å². The highest BCUT2D eigenvalue weighted by Crippen LogP contribution is 2.65. The summed E-state index contributed by atoms with van der Waals surface area (Å²) >= 11 is 0. The highest BCUT2D eigenvalue weighted by atomic mass is 16.5. The van der Waals surface area contributed by atoms with Crippen LogP contribution in [0.3, 0.4) is 0 Å². The fourth-order valence-corrected chi connectivity index (χ4v) is 7.22. The van der Waals surface area contributed by atoms with Crippen molar-refractivity contribution in [3.8, 4) is 0 Å². The predicted molar refractivity (Wildman–Crippen MR) is 102 cm³/mol. The molecule has 26 heavy (non-hydrogen) atoms. The zero-order chi connectivity index (χ0) is 18.7. The lowest BCUT2D eigenvalue weighted by atomic mass is 9.45. The van der Waals surface area contributed by atoms with Gasteiger partial charge in [-0.05, 0) is 76.0 Å². The van der Waals surface area contributed by atoms with E-state index in [9.17, 15) is 9.59 Å². The number of fused-ring (bicyclic) bond motifs is 5. The molecule has 2 unspecified atom stereocenters. The lowest BCUT2D eigenvalue weighted by molar-refractivity contribution is -0.137. The second kappa shape index (κ2) is 6.29. The molecular weight excluding hydrogens is 324 g/mol. The van der Waals surface area contributed by atoms with Crippen LogP contribution >= 0.6 is 0 Å². The smallest absolute Gasteiger partial charge is 0.139 e. The van der Waals surface area contributed by atoms with E-state index in [0.29, 0.717) is 29.5 Å². The van der Waals surface area contributed by atoms with Crippen molar-refractivity contribution < 1.29 is 14.3 Å². The van der Waals surface area contributed by atoms with Crippen LogP contribution in [0.1, 0.15) is 72.6 Å². The van der Waals surface area contributed by atoms with Crippen molar-refractivity contribution in [2.75, 3.05) is 0 Å². The molecule has 0 bridgehead atoms. The molecule has 0 aromatic heterocycles. The second-order valence-corrected chi connectivity index (χ2v) is 9.97. The van der Waals surface area contributed by atoms with Gasteiger partial charge in [-0.3, -0.25) is 4.79 Å². The van der Waals surface area contributed by atoms with Crippen LogP contribution < -0.4 is 0 Å². The molecule has 0 aliphatic heterocycles. The zero-order valence-corrected chi connectivity index (χ0v) is 16.8. The molecule has 0 amide bonds. The fraction of sp³-hybridized carbons (Fsp3) is 0.826. The van der Waals surface area contributed by atoms with Gasteiger partial charge in [0, 0.05) is 11.8 Å². The van der Waals surface area contributed by atoms with Crippen molar-refractivity contribution in [1.29, 1.82) is 0 Å². The lowest BCUT2D eigenvalue weighted by Crippen LogP contribution is -2.54. The van der Waals surface area contributed by atoms with Crippen LogP contribution in [0.5, 0.6) is 0 Å². The number of hydrogen-bond donors (Lipinski definition) is 0. The third kappa shape index (κ3) is 2.49. The molecule has 0 N–H and O–H groups in total. The van der Waals surface area contributed by atoms with Crippen molar-refractivity contribution in [3.63, 3.8) is 0 Å². The van der Waals surface area contributed by atoms with E-state index in [4.69, 9.17) is 4.74 Å². The zero-order valence-electron chi connectivity index (χ0n) is 16.8. The first-order valence-electron chi connectivity index (χ1n) is 10.7. The van der Waals surface area contributed by atoms with E-state index in [1.165, 1.54) is 11.9 Å². The van der Waals surface area contributed by atoms with E-state index < -0.39 is 0 Å². The summed E-state index contributed by atoms with van der Waals surface area (Å²) < 4.78 is 6.08. The van der Waals surface area contributed by atoms with Gasteiger partial charge in [-0.25, -0.2) is 0 Å². The molecule has 4 rings (SSSR count). The Morgan fingerprint density at radius 3 is 2.65 bits per heavy atom. The molecular formula is C23H34O3. The topological polar surface area (TPSA) is 43.4 Å². The van der Waals surface area contributed by atoms with Crippen LogP contribution in [-0.4, -0.2) is 24.3 Å². The number of Topliss-reactive ketones (excluding diaryl/α,β-unsaturated/α-hetero) is 1. The first-order valence-corrected chi connectivity index (χ1v) is 10.7. The fourth-order valence-electron chi connectivity index (χ4n) is 7.22. The van der Waals surface area contributed by atoms with E-state index in [1.807, 2.05) is 0 Å². The largest absolute Gasteiger partial charge is 0.371 e. The molecule has 0 aromatic rings. The highest BCUT2D eigenvalue weighted by molar-refractivity contribution is 5.87. The first-order chi connectivity index (χ1) is 12.3. The first kappa shape index (κ1) is 18.4. The van der Waals surface area contributed by atoms with Crippen molar-refractivity contribution in [2.45, 2.75) is 84.8 Å². The van der Waals surface area contributed by atoms with E-state index in [1.54, 1.807) is 0 Å². The number of ketones is 1. The van der Waals surface area contributed by atoms with Crippen LogP contribution in [-0.2, 0) is 14.3 Å². The highest BCUT2D eigenvalue weighted by Gasteiger charge is 2.61. The van der Waals surface area contributed by atoms with Gasteiger partial charge < -0.3 is 9.53 Å². The average Bonchev–Trinajstić information content (AvgIpc) is 2.90. The van der Waals surface area contributed by atoms with Gasteiger partial charge >= 0.3 is 0 Å². The number of rotatable bonds is 3. The van der Waals surface area contributed by atoms with Crippen molar-refractivity contribution in [2.24, 2.45) is 34.5 Å². The van der Waals surface area contributed by atoms with Crippen molar-refractivity contribution >= 4 is 12.1 Å². The van der Waals surface area contributed by atoms with Crippen molar-refractivity contribution in [3.05, 3.63) is 11.6 Å². The number of carbonyl (C=O) groups excluding carboxylic acids is 2. The minimum Gasteiger partial charge on any atom is -0.371 e. The molecule has 0 heterocycles. The summed E-state index contributed by atoms with van der Waals surface area (Å²) in [4.78, 5) is 25.1. The Morgan fingerprint density at radius 2 is 1.96 bits per heavy atom. The van der Waals surface area contributed by atoms with Crippen LogP contribution in [0, 0.1) is 34.5 Å². The Balaban J connectivity index is 1.70. The molecule has 3 saturated carbocycles. The summed E-state index contributed by atoms with van der Waals surface area (Å²) in [7, 11) is 0. The van der Waals surface area contributed by atoms with Crippen molar-refractivity contribution in [1.82, 2.24) is 0 Å². The maximum absolute atomic E-state index is 12.6. The molecule has 0 spiro atoms. The second-order valence-electron chi connectivity index (χ2n) is 9.97. The Bertz CT molecular complexity index is 635. The van der Waals surface area contributed by atoms with Gasteiger partial charge in [-0.2, -0.15) is 0 Å². The molecule has 144 valence electrons. The van der Waals surface area contributed by atoms with Crippen LogP contribution in [0.2, 0.25) is 0 Å². The van der Waals surface area contributed by atoms with Crippen LogP contribution in [0.4, 0.5) is 0 Å². The van der Waals surface area contributed by atoms with Gasteiger partial charge in [0.15, 0.2) is 0 Å². The monoisotopic (exact) mass is 358 g/mol. The molecule has 3 heteroatoms. The van der Waals surface area contributed by atoms with Crippen LogP contribution in [0.15, 0.2) is 11.6 Å². The third-order valence-electron chi connectivity index (χ3n) is 8.37. The predicted octanol–water partition coefficient (Wildman–Crippen LogP) is 4.74. The summed E-state index contributed by atoms with van der Waals surface area (Å²) in [6.45, 7) is 8.67. The third-order valence-corrected chi connectivity index (χ3v) is 8.37. The number of aldehydes is 1. The summed E-state index contributed by atoms with van der Waals surface area (Å²) in [6.07, 6.45) is 10.7. The Morgan fingerprint density at radius 1 is 1.19 bits per heavy atom. The van der Waals surface area contributed by atoms with Gasteiger partial charge in [-0.1, -0.05) is 25.5 Å². The quantitative estimate of drug-likeness (QED) is 0.541. The van der Waals surface area contributed by atoms with Crippen LogP contribution in [0.25, 0.3) is 0 Å². The van der Waals surface area contributed by atoms with Gasteiger partial charge in [0.1, 0.15) is 12.1 Å². The summed E-state index contributed by atoms with van der Waals surface area (Å²) in [5.74, 6) is 2.33. The molecule has 0 aromatic carbocycles. The molecule has 0 radical (unpaired) electrons. The van der Waals surface area contributed by atoms with Gasteiger partial charge in [0.2, 0.25) is 0 Å². The molecule has 3 nitrogen and oxygen atoms in total. The normalized spacial score (nSPS) is 47.8. The summed E-state index contributed by atoms with van der Waals surface area (Å²) in [5, 5.41) is 0. The Hall–Kier alpha value is -0.960. The van der Waals surface area contributed by atoms with Gasteiger partial charge in [0.25, 0.3) is 0 Å². The number of ether oxygens (including phenoxy) is 1. The number of hydrogen-bond acceptors (Lipinski definition) is 3. The number of carbonyl (C=O) groups is 2. The molecule has 3 fully saturated rings. The van der Waals surface area contributed by atoms with E-state index in [0.717, 1.165) is 44.9 Å². The maximum Gasteiger partial charge on any atom is 0.139 e. The van der Waals surface area contributed by atoms with Gasteiger partial charge in [0.05, 0.1) is 17.6 Å². The maximum atomic E-state index is 12.6. The molecule has 4 aliphatic rings. The SMILES string of the molecule is CC(C)OC1C=C2C(C)C[C@@H]3[C@H](CC[C@]4(C)C(=O)CC[C@@H]34)[C@@]2(C=O)CC1. The molecule has 0 saturated heterocycles. The summed E-state index contributed by atoms with van der Waals surface area (Å²) in [6, 6.07) is 0. The minimum absolute atomic E-state index is 0.121. The standard InChI is InChI=1S/C23H34O3/c1-14(2)26-16-7-10-23(13-24)19-8-9-22(4)18(5-6-21(22)25)17(19)11-15(3)20(23)12-16/h12-19H,5-11H2,1-4H3/t15?,16?,17-,18-,19-,22-,23-/m0/s1. The molecule has 7 atom stereocenters. The number of allylic oxidation sites excluding steroid dienone is 1. The Labute approximate surface area is 157 Å². The van der Waals surface area contributed by atoms with E-state index >= 15 is 0 Å².